The van der Waals surface area contributed by atoms with Gasteiger partial charge in [-0.3, -0.25) is 0 Å². The van der Waals surface area contributed by atoms with E-state index in [1.54, 1.807) is 0 Å². The van der Waals surface area contributed by atoms with E-state index in [0.717, 1.165) is 30.8 Å². The Labute approximate surface area is 96.9 Å². The lowest BCUT2D eigenvalue weighted by Gasteiger charge is -2.36. The fraction of sp³-hybridized carbons (Fsp3) is 0.538. The van der Waals surface area contributed by atoms with Crippen molar-refractivity contribution in [3.05, 3.63) is 23.8 Å². The number of aliphatic hydroxyl groups excluding tert-OH is 1. The second-order valence-corrected chi connectivity index (χ2v) is 4.82. The van der Waals surface area contributed by atoms with Crippen LogP contribution in [0.2, 0.25) is 0 Å². The summed E-state index contributed by atoms with van der Waals surface area (Å²) in [5.74, 6) is 0.339. The minimum absolute atomic E-state index is 0.147. The number of nitrogen functional groups attached to an aromatic ring is 1. The number of nitrogens with zero attached hydrogens (tertiary/aromatic N) is 1. The van der Waals surface area contributed by atoms with Gasteiger partial charge in [0.15, 0.2) is 0 Å². The first-order valence-corrected chi connectivity index (χ1v) is 5.87. The molecule has 0 radical (unpaired) electrons. The molecule has 0 bridgehead atoms. The second-order valence-electron chi connectivity index (χ2n) is 4.82. The number of nitrogens with two attached hydrogens (primary N) is 1. The molecule has 88 valence electrons. The Morgan fingerprint density at radius 1 is 1.44 bits per heavy atom. The van der Waals surface area contributed by atoms with Gasteiger partial charge in [0.2, 0.25) is 0 Å². The van der Waals surface area contributed by atoms with Gasteiger partial charge in [0.25, 0.3) is 0 Å². The van der Waals surface area contributed by atoms with Gasteiger partial charge in [0.1, 0.15) is 0 Å². The highest BCUT2D eigenvalue weighted by atomic mass is 16.3. The van der Waals surface area contributed by atoms with Crippen molar-refractivity contribution in [2.24, 2.45) is 5.92 Å². The predicted octanol–water partition coefficient (Wildman–Crippen LogP) is 1.78. The Kier molecular flexibility index (Phi) is 3.06. The third kappa shape index (κ3) is 2.14. The number of hydrogen-bond acceptors (Lipinski definition) is 3. The molecule has 1 aliphatic rings. The van der Waals surface area contributed by atoms with Crippen molar-refractivity contribution < 1.29 is 5.11 Å². The SMILES string of the molecule is Cc1cc(N2CCC(O)C(C)C2)ccc1N. The molecule has 3 nitrogen and oxygen atoms in total. The first-order valence-electron chi connectivity index (χ1n) is 5.87. The zero-order chi connectivity index (χ0) is 11.7. The number of hydrogen-bond donors (Lipinski definition) is 2. The third-order valence-electron chi connectivity index (χ3n) is 3.48. The molecule has 0 aromatic heterocycles. The quantitative estimate of drug-likeness (QED) is 0.709. The first kappa shape index (κ1) is 11.3. The van der Waals surface area contributed by atoms with Crippen LogP contribution in [0.5, 0.6) is 0 Å². The molecule has 1 aliphatic heterocycles. The van der Waals surface area contributed by atoms with E-state index in [4.69, 9.17) is 5.73 Å². The molecule has 1 heterocycles. The van der Waals surface area contributed by atoms with Gasteiger partial charge in [-0.2, -0.15) is 0 Å². The summed E-state index contributed by atoms with van der Waals surface area (Å²) < 4.78 is 0. The molecule has 1 saturated heterocycles. The fourth-order valence-electron chi connectivity index (χ4n) is 2.22. The van der Waals surface area contributed by atoms with E-state index in [2.05, 4.69) is 24.0 Å². The van der Waals surface area contributed by atoms with Gasteiger partial charge in [-0.1, -0.05) is 6.92 Å². The van der Waals surface area contributed by atoms with Crippen LogP contribution in [0.15, 0.2) is 18.2 Å². The lowest BCUT2D eigenvalue weighted by atomic mass is 9.96. The molecule has 0 saturated carbocycles. The number of anilines is 2. The van der Waals surface area contributed by atoms with Crippen molar-refractivity contribution in [3.63, 3.8) is 0 Å². The number of rotatable bonds is 1. The van der Waals surface area contributed by atoms with Gasteiger partial charge >= 0.3 is 0 Å². The van der Waals surface area contributed by atoms with Crippen LogP contribution in [-0.2, 0) is 0 Å². The van der Waals surface area contributed by atoms with Crippen molar-refractivity contribution in [3.8, 4) is 0 Å². The summed E-state index contributed by atoms with van der Waals surface area (Å²) >= 11 is 0. The van der Waals surface area contributed by atoms with Crippen LogP contribution in [0.3, 0.4) is 0 Å². The molecule has 0 aliphatic carbocycles. The Hall–Kier alpha value is -1.22. The van der Waals surface area contributed by atoms with E-state index in [1.165, 1.54) is 5.69 Å². The molecular weight excluding hydrogens is 200 g/mol. The Morgan fingerprint density at radius 3 is 2.81 bits per heavy atom. The van der Waals surface area contributed by atoms with Gasteiger partial charge in [-0.05, 0) is 43.0 Å². The van der Waals surface area contributed by atoms with Crippen LogP contribution in [0.1, 0.15) is 18.9 Å². The normalized spacial score (nSPS) is 25.8. The predicted molar refractivity (Wildman–Crippen MR) is 67.6 cm³/mol. The van der Waals surface area contributed by atoms with E-state index >= 15 is 0 Å². The van der Waals surface area contributed by atoms with Crippen LogP contribution < -0.4 is 10.6 Å². The molecule has 2 atom stereocenters. The van der Waals surface area contributed by atoms with Crippen molar-refractivity contribution in [1.29, 1.82) is 0 Å². The third-order valence-corrected chi connectivity index (χ3v) is 3.48. The standard InChI is InChI=1S/C13H20N2O/c1-9-7-11(3-4-12(9)14)15-6-5-13(16)10(2)8-15/h3-4,7,10,13,16H,5-6,8,14H2,1-2H3. The van der Waals surface area contributed by atoms with Gasteiger partial charge < -0.3 is 15.7 Å². The summed E-state index contributed by atoms with van der Waals surface area (Å²) in [5, 5.41) is 9.69. The number of aliphatic hydroxyl groups is 1. The van der Waals surface area contributed by atoms with Crippen molar-refractivity contribution >= 4 is 11.4 Å². The van der Waals surface area contributed by atoms with Crippen molar-refractivity contribution in [1.82, 2.24) is 0 Å². The van der Waals surface area contributed by atoms with E-state index < -0.39 is 0 Å². The summed E-state index contributed by atoms with van der Waals surface area (Å²) in [5.41, 5.74) is 8.99. The fourth-order valence-corrected chi connectivity index (χ4v) is 2.22. The van der Waals surface area contributed by atoms with Crippen LogP contribution in [-0.4, -0.2) is 24.3 Å². The average Bonchev–Trinajstić information content (AvgIpc) is 2.26. The Balaban J connectivity index is 2.15. The van der Waals surface area contributed by atoms with Crippen LogP contribution in [0, 0.1) is 12.8 Å². The first-order chi connectivity index (χ1) is 7.58. The zero-order valence-electron chi connectivity index (χ0n) is 9.98. The molecule has 3 heteroatoms. The summed E-state index contributed by atoms with van der Waals surface area (Å²) in [6, 6.07) is 6.15. The highest BCUT2D eigenvalue weighted by Crippen LogP contribution is 2.25. The maximum absolute atomic E-state index is 9.69. The second kappa shape index (κ2) is 4.34. The minimum Gasteiger partial charge on any atom is -0.399 e. The maximum atomic E-state index is 9.69. The maximum Gasteiger partial charge on any atom is 0.0599 e. The van der Waals surface area contributed by atoms with E-state index in [-0.39, 0.29) is 6.10 Å². The monoisotopic (exact) mass is 220 g/mol. The van der Waals surface area contributed by atoms with E-state index in [9.17, 15) is 5.11 Å². The molecular formula is C13H20N2O. The van der Waals surface area contributed by atoms with Crippen molar-refractivity contribution in [2.45, 2.75) is 26.4 Å². The average molecular weight is 220 g/mol. The van der Waals surface area contributed by atoms with Gasteiger partial charge in [-0.15, -0.1) is 0 Å². The molecule has 2 rings (SSSR count). The number of piperidine rings is 1. The van der Waals surface area contributed by atoms with Crippen LogP contribution in [0.25, 0.3) is 0 Å². The van der Waals surface area contributed by atoms with E-state index in [0.29, 0.717) is 5.92 Å². The Morgan fingerprint density at radius 2 is 2.19 bits per heavy atom. The summed E-state index contributed by atoms with van der Waals surface area (Å²) in [7, 11) is 0. The highest BCUT2D eigenvalue weighted by Gasteiger charge is 2.24. The number of aryl methyl sites for hydroxylation is 1. The Bertz CT molecular complexity index is 378. The topological polar surface area (TPSA) is 49.5 Å². The molecule has 0 amide bonds. The van der Waals surface area contributed by atoms with E-state index in [1.807, 2.05) is 13.0 Å². The molecule has 1 aromatic carbocycles. The minimum atomic E-state index is -0.147. The number of benzene rings is 1. The van der Waals surface area contributed by atoms with Gasteiger partial charge in [0.05, 0.1) is 6.10 Å². The molecule has 0 spiro atoms. The lowest BCUT2D eigenvalue weighted by Crippen LogP contribution is -2.41. The van der Waals surface area contributed by atoms with Crippen molar-refractivity contribution in [2.75, 3.05) is 23.7 Å². The summed E-state index contributed by atoms with van der Waals surface area (Å²) in [6.45, 7) is 5.97. The molecule has 3 N–H and O–H groups in total. The molecule has 1 aromatic rings. The summed E-state index contributed by atoms with van der Waals surface area (Å²) in [6.07, 6.45) is 0.705. The molecule has 1 fully saturated rings. The highest BCUT2D eigenvalue weighted by molar-refractivity contribution is 5.58. The smallest absolute Gasteiger partial charge is 0.0599 e. The van der Waals surface area contributed by atoms with Crippen LogP contribution >= 0.6 is 0 Å². The lowest BCUT2D eigenvalue weighted by molar-refractivity contribution is 0.0971. The molecule has 2 unspecified atom stereocenters. The van der Waals surface area contributed by atoms with Crippen LogP contribution in [0.4, 0.5) is 11.4 Å². The largest absolute Gasteiger partial charge is 0.399 e. The van der Waals surface area contributed by atoms with Gasteiger partial charge in [-0.25, -0.2) is 0 Å². The zero-order valence-corrected chi connectivity index (χ0v) is 9.98. The van der Waals surface area contributed by atoms with Gasteiger partial charge in [0, 0.05) is 24.5 Å². The summed E-state index contributed by atoms with van der Waals surface area (Å²) in [4.78, 5) is 2.32. The molecule has 16 heavy (non-hydrogen) atoms.